The molecule has 0 aliphatic carbocycles. The lowest BCUT2D eigenvalue weighted by atomic mass is 9.87. The molecule has 5 nitrogen and oxygen atoms in total. The molecule has 1 spiro atoms. The molecule has 3 heterocycles. The van der Waals surface area contributed by atoms with Crippen molar-refractivity contribution in [1.82, 2.24) is 4.90 Å². The Morgan fingerprint density at radius 2 is 2.08 bits per heavy atom. The third-order valence-corrected chi connectivity index (χ3v) is 5.14. The molecule has 1 amide bonds. The summed E-state index contributed by atoms with van der Waals surface area (Å²) in [6.45, 7) is 1.28. The number of amides is 1. The number of nitrogens with zero attached hydrogens (tertiary/aromatic N) is 1. The molecule has 0 bridgehead atoms. The summed E-state index contributed by atoms with van der Waals surface area (Å²) in [6, 6.07) is 13.8. The van der Waals surface area contributed by atoms with Crippen LogP contribution in [-0.2, 0) is 9.53 Å². The zero-order valence-electron chi connectivity index (χ0n) is 13.9. The SMILES string of the molecule is O=C(/C=C/c1ccco1)N1C[C@@H](O)[C@@]2(C[C@H](c3ccccc3)CO2)C1. The highest BCUT2D eigenvalue weighted by atomic mass is 16.5. The van der Waals surface area contributed by atoms with Gasteiger partial charge in [-0.2, -0.15) is 0 Å². The average Bonchev–Trinajstić information content (AvgIpc) is 3.36. The van der Waals surface area contributed by atoms with Crippen molar-refractivity contribution in [2.24, 2.45) is 0 Å². The number of carbonyl (C=O) groups is 1. The van der Waals surface area contributed by atoms with Crippen LogP contribution in [0.2, 0.25) is 0 Å². The number of likely N-dealkylation sites (tertiary alicyclic amines) is 1. The number of aliphatic hydroxyl groups is 1. The Kier molecular flexibility index (Phi) is 4.19. The van der Waals surface area contributed by atoms with Crippen molar-refractivity contribution in [3.05, 3.63) is 66.1 Å². The zero-order chi connectivity index (χ0) is 17.3. The number of benzene rings is 1. The van der Waals surface area contributed by atoms with Crippen molar-refractivity contribution < 1.29 is 19.1 Å². The number of aliphatic hydroxyl groups excluding tert-OH is 1. The third-order valence-electron chi connectivity index (χ3n) is 5.14. The molecule has 4 rings (SSSR count). The lowest BCUT2D eigenvalue weighted by Crippen LogP contribution is -2.41. The molecule has 3 atom stereocenters. The molecule has 0 radical (unpaired) electrons. The molecule has 5 heteroatoms. The fourth-order valence-electron chi connectivity index (χ4n) is 3.76. The van der Waals surface area contributed by atoms with Crippen molar-refractivity contribution in [3.63, 3.8) is 0 Å². The predicted octanol–water partition coefficient (Wildman–Crippen LogP) is 2.44. The predicted molar refractivity (Wildman–Crippen MR) is 92.8 cm³/mol. The maximum Gasteiger partial charge on any atom is 0.246 e. The van der Waals surface area contributed by atoms with E-state index in [9.17, 15) is 9.90 Å². The van der Waals surface area contributed by atoms with Crippen LogP contribution in [0, 0.1) is 0 Å². The van der Waals surface area contributed by atoms with Crippen LogP contribution in [0.5, 0.6) is 0 Å². The summed E-state index contributed by atoms with van der Waals surface area (Å²) in [7, 11) is 0. The van der Waals surface area contributed by atoms with Crippen molar-refractivity contribution in [2.45, 2.75) is 24.0 Å². The standard InChI is InChI=1S/C20H21NO4/c22-18-12-21(19(23)9-8-17-7-4-10-24-17)14-20(18)11-16(13-25-20)15-5-2-1-3-6-15/h1-10,16,18,22H,11-14H2/b9-8+/t16-,18+,20+/m0/s1. The normalized spacial score (nSPS) is 29.1. The zero-order valence-corrected chi connectivity index (χ0v) is 13.9. The van der Waals surface area contributed by atoms with Crippen LogP contribution in [0.15, 0.2) is 59.2 Å². The molecule has 0 unspecified atom stereocenters. The number of carbonyl (C=O) groups excluding carboxylic acids is 1. The van der Waals surface area contributed by atoms with E-state index in [0.717, 1.165) is 6.42 Å². The van der Waals surface area contributed by atoms with Gasteiger partial charge in [0.25, 0.3) is 0 Å². The Morgan fingerprint density at radius 1 is 1.24 bits per heavy atom. The van der Waals surface area contributed by atoms with E-state index in [1.165, 1.54) is 11.6 Å². The van der Waals surface area contributed by atoms with Gasteiger partial charge in [-0.3, -0.25) is 4.79 Å². The van der Waals surface area contributed by atoms with Gasteiger partial charge in [-0.1, -0.05) is 30.3 Å². The first kappa shape index (κ1) is 16.1. The summed E-state index contributed by atoms with van der Waals surface area (Å²) in [5.74, 6) is 0.743. The van der Waals surface area contributed by atoms with Crippen LogP contribution in [-0.4, -0.2) is 47.3 Å². The number of hydrogen-bond acceptors (Lipinski definition) is 4. The first-order chi connectivity index (χ1) is 12.2. The van der Waals surface area contributed by atoms with Crippen molar-refractivity contribution >= 4 is 12.0 Å². The lowest BCUT2D eigenvalue weighted by Gasteiger charge is -2.25. The highest BCUT2D eigenvalue weighted by Crippen LogP contribution is 2.42. The summed E-state index contributed by atoms with van der Waals surface area (Å²) < 4.78 is 11.2. The summed E-state index contributed by atoms with van der Waals surface area (Å²) in [5, 5.41) is 10.6. The van der Waals surface area contributed by atoms with Crippen LogP contribution < -0.4 is 0 Å². The van der Waals surface area contributed by atoms with Crippen molar-refractivity contribution in [2.75, 3.05) is 19.7 Å². The van der Waals surface area contributed by atoms with Gasteiger partial charge >= 0.3 is 0 Å². The van der Waals surface area contributed by atoms with E-state index in [2.05, 4.69) is 12.1 Å². The van der Waals surface area contributed by atoms with E-state index in [0.29, 0.717) is 25.5 Å². The molecule has 130 valence electrons. The molecule has 2 fully saturated rings. The van der Waals surface area contributed by atoms with E-state index in [1.54, 1.807) is 29.4 Å². The Bertz CT molecular complexity index is 755. The van der Waals surface area contributed by atoms with Crippen LogP contribution in [0.3, 0.4) is 0 Å². The van der Waals surface area contributed by atoms with Gasteiger partial charge in [0.15, 0.2) is 0 Å². The highest BCUT2D eigenvalue weighted by Gasteiger charge is 2.52. The first-order valence-electron chi connectivity index (χ1n) is 8.54. The molecular weight excluding hydrogens is 318 g/mol. The molecule has 1 N–H and O–H groups in total. The second-order valence-corrected chi connectivity index (χ2v) is 6.77. The fourth-order valence-corrected chi connectivity index (χ4v) is 3.76. The second-order valence-electron chi connectivity index (χ2n) is 6.77. The quantitative estimate of drug-likeness (QED) is 0.873. The molecule has 0 saturated carbocycles. The molecule has 25 heavy (non-hydrogen) atoms. The van der Waals surface area contributed by atoms with E-state index in [1.807, 2.05) is 18.2 Å². The molecule has 2 aliphatic heterocycles. The fraction of sp³-hybridized carbons (Fsp3) is 0.350. The monoisotopic (exact) mass is 339 g/mol. The number of furan rings is 1. The van der Waals surface area contributed by atoms with E-state index < -0.39 is 11.7 Å². The summed E-state index contributed by atoms with van der Waals surface area (Å²) in [4.78, 5) is 14.1. The van der Waals surface area contributed by atoms with Crippen molar-refractivity contribution in [3.8, 4) is 0 Å². The van der Waals surface area contributed by atoms with Gasteiger partial charge in [0.2, 0.25) is 5.91 Å². The minimum atomic E-state index is -0.665. The molecule has 1 aromatic carbocycles. The number of β-amino-alcohol motifs (C(OH)–C–C–N with tert-alkyl or cyclic N) is 1. The van der Waals surface area contributed by atoms with Crippen LogP contribution in [0.4, 0.5) is 0 Å². The highest BCUT2D eigenvalue weighted by molar-refractivity contribution is 5.91. The average molecular weight is 339 g/mol. The van der Waals surface area contributed by atoms with E-state index in [-0.39, 0.29) is 11.8 Å². The largest absolute Gasteiger partial charge is 0.465 e. The summed E-state index contributed by atoms with van der Waals surface area (Å²) >= 11 is 0. The number of rotatable bonds is 3. The Labute approximate surface area is 146 Å². The molecule has 2 aliphatic rings. The Morgan fingerprint density at radius 3 is 2.84 bits per heavy atom. The number of hydrogen-bond donors (Lipinski definition) is 1. The van der Waals surface area contributed by atoms with Gasteiger partial charge in [-0.25, -0.2) is 0 Å². The Hall–Kier alpha value is -2.37. The van der Waals surface area contributed by atoms with Gasteiger partial charge in [0, 0.05) is 18.5 Å². The molecule has 2 aromatic rings. The maximum absolute atomic E-state index is 12.4. The lowest BCUT2D eigenvalue weighted by molar-refractivity contribution is -0.126. The molecule has 2 saturated heterocycles. The Balaban J connectivity index is 1.44. The van der Waals surface area contributed by atoms with Gasteiger partial charge in [0.05, 0.1) is 19.4 Å². The molecular formula is C20H21NO4. The minimum Gasteiger partial charge on any atom is -0.465 e. The van der Waals surface area contributed by atoms with Gasteiger partial charge in [-0.15, -0.1) is 0 Å². The first-order valence-corrected chi connectivity index (χ1v) is 8.54. The van der Waals surface area contributed by atoms with Gasteiger partial charge < -0.3 is 19.2 Å². The summed E-state index contributed by atoms with van der Waals surface area (Å²) in [6.07, 6.45) is 4.75. The van der Waals surface area contributed by atoms with Crippen LogP contribution >= 0.6 is 0 Å². The van der Waals surface area contributed by atoms with Gasteiger partial charge in [-0.05, 0) is 30.2 Å². The summed E-state index contributed by atoms with van der Waals surface area (Å²) in [5.41, 5.74) is 0.559. The van der Waals surface area contributed by atoms with Crippen LogP contribution in [0.1, 0.15) is 23.7 Å². The number of ether oxygens (including phenoxy) is 1. The van der Waals surface area contributed by atoms with Crippen LogP contribution in [0.25, 0.3) is 6.08 Å². The van der Waals surface area contributed by atoms with Crippen molar-refractivity contribution in [1.29, 1.82) is 0 Å². The van der Waals surface area contributed by atoms with Gasteiger partial charge in [0.1, 0.15) is 17.5 Å². The maximum atomic E-state index is 12.4. The topological polar surface area (TPSA) is 62.9 Å². The van der Waals surface area contributed by atoms with E-state index in [4.69, 9.17) is 9.15 Å². The third kappa shape index (κ3) is 3.13. The molecule has 1 aromatic heterocycles. The minimum absolute atomic E-state index is 0.140. The second kappa shape index (κ2) is 6.50. The van der Waals surface area contributed by atoms with E-state index >= 15 is 0 Å². The smallest absolute Gasteiger partial charge is 0.246 e.